The Morgan fingerprint density at radius 2 is 1.80 bits per heavy atom. The van der Waals surface area contributed by atoms with Crippen molar-refractivity contribution in [2.24, 2.45) is 0 Å². The van der Waals surface area contributed by atoms with Crippen LogP contribution in [0, 0.1) is 0 Å². The molecular formula is C17H22N2S. The van der Waals surface area contributed by atoms with Crippen LogP contribution in [0.5, 0.6) is 0 Å². The molecule has 0 aliphatic carbocycles. The largest absolute Gasteiger partial charge is 0.398 e. The maximum Gasteiger partial charge on any atom is 0.0421 e. The van der Waals surface area contributed by atoms with Crippen molar-refractivity contribution in [3.63, 3.8) is 0 Å². The van der Waals surface area contributed by atoms with Gasteiger partial charge in [-0.3, -0.25) is 0 Å². The molecule has 106 valence electrons. The molecule has 0 atom stereocenters. The van der Waals surface area contributed by atoms with Gasteiger partial charge in [0, 0.05) is 23.7 Å². The second-order valence-corrected chi connectivity index (χ2v) is 5.91. The Hall–Kier alpha value is -1.61. The normalized spacial score (nSPS) is 10.4. The predicted molar refractivity (Wildman–Crippen MR) is 91.1 cm³/mol. The molecule has 0 unspecified atom stereocenters. The highest BCUT2D eigenvalue weighted by Gasteiger charge is 1.98. The van der Waals surface area contributed by atoms with Gasteiger partial charge in [0.05, 0.1) is 0 Å². The number of hydrogen-bond donors (Lipinski definition) is 2. The van der Waals surface area contributed by atoms with E-state index in [4.69, 9.17) is 5.73 Å². The summed E-state index contributed by atoms with van der Waals surface area (Å²) >= 11 is 1.99. The zero-order valence-corrected chi connectivity index (χ0v) is 12.7. The SMILES string of the molecule is CCCSCc1ccc(NCc2ccccc2N)cc1. The molecule has 0 amide bonds. The minimum atomic E-state index is 0.761. The van der Waals surface area contributed by atoms with E-state index in [0.717, 1.165) is 29.2 Å². The topological polar surface area (TPSA) is 38.0 Å². The molecule has 0 saturated heterocycles. The average Bonchev–Trinajstić information content (AvgIpc) is 2.48. The van der Waals surface area contributed by atoms with Gasteiger partial charge in [0.25, 0.3) is 0 Å². The van der Waals surface area contributed by atoms with Crippen molar-refractivity contribution < 1.29 is 0 Å². The zero-order chi connectivity index (χ0) is 14.2. The predicted octanol–water partition coefficient (Wildman–Crippen LogP) is 4.52. The molecule has 2 nitrogen and oxygen atoms in total. The Balaban J connectivity index is 1.86. The number of nitrogens with two attached hydrogens (primary N) is 1. The van der Waals surface area contributed by atoms with Crippen LogP contribution in [-0.4, -0.2) is 5.75 Å². The molecule has 0 aliphatic rings. The van der Waals surface area contributed by atoms with Crippen molar-refractivity contribution in [3.8, 4) is 0 Å². The van der Waals surface area contributed by atoms with Crippen LogP contribution in [0.3, 0.4) is 0 Å². The molecule has 3 N–H and O–H groups in total. The summed E-state index contributed by atoms with van der Waals surface area (Å²) < 4.78 is 0. The van der Waals surface area contributed by atoms with E-state index in [9.17, 15) is 0 Å². The van der Waals surface area contributed by atoms with E-state index in [0.29, 0.717) is 0 Å². The fourth-order valence-corrected chi connectivity index (χ4v) is 2.81. The van der Waals surface area contributed by atoms with Gasteiger partial charge in [-0.15, -0.1) is 0 Å². The summed E-state index contributed by atoms with van der Waals surface area (Å²) in [5.74, 6) is 2.33. The van der Waals surface area contributed by atoms with E-state index in [1.54, 1.807) is 0 Å². The Bertz CT molecular complexity index is 523. The fraction of sp³-hybridized carbons (Fsp3) is 0.294. The van der Waals surface area contributed by atoms with Gasteiger partial charge in [-0.25, -0.2) is 0 Å². The Kier molecular flexibility index (Phi) is 5.81. The molecule has 0 spiro atoms. The highest BCUT2D eigenvalue weighted by atomic mass is 32.2. The van der Waals surface area contributed by atoms with Crippen molar-refractivity contribution in [1.82, 2.24) is 0 Å². The highest BCUT2D eigenvalue weighted by molar-refractivity contribution is 7.98. The zero-order valence-electron chi connectivity index (χ0n) is 11.9. The molecule has 2 aromatic carbocycles. The minimum Gasteiger partial charge on any atom is -0.398 e. The molecule has 2 aromatic rings. The first-order valence-corrected chi connectivity index (χ1v) is 8.19. The third-order valence-electron chi connectivity index (χ3n) is 3.11. The third-order valence-corrected chi connectivity index (χ3v) is 4.34. The van der Waals surface area contributed by atoms with Crippen molar-refractivity contribution in [3.05, 3.63) is 59.7 Å². The number of benzene rings is 2. The summed E-state index contributed by atoms with van der Waals surface area (Å²) in [4.78, 5) is 0. The molecule has 0 heterocycles. The van der Waals surface area contributed by atoms with Crippen LogP contribution in [-0.2, 0) is 12.3 Å². The van der Waals surface area contributed by atoms with Crippen molar-refractivity contribution in [1.29, 1.82) is 0 Å². The quantitative estimate of drug-likeness (QED) is 0.580. The summed E-state index contributed by atoms with van der Waals surface area (Å²) in [6.45, 7) is 2.98. The lowest BCUT2D eigenvalue weighted by atomic mass is 10.1. The summed E-state index contributed by atoms with van der Waals surface area (Å²) in [5.41, 5.74) is 10.4. The molecule has 0 fully saturated rings. The Morgan fingerprint density at radius 1 is 1.05 bits per heavy atom. The molecule has 0 saturated carbocycles. The average molecular weight is 286 g/mol. The van der Waals surface area contributed by atoms with E-state index in [2.05, 4.69) is 42.6 Å². The van der Waals surface area contributed by atoms with E-state index >= 15 is 0 Å². The number of para-hydroxylation sites is 1. The number of hydrogen-bond acceptors (Lipinski definition) is 3. The van der Waals surface area contributed by atoms with Crippen LogP contribution >= 0.6 is 11.8 Å². The van der Waals surface area contributed by atoms with Crippen LogP contribution < -0.4 is 11.1 Å². The Labute approximate surface area is 125 Å². The van der Waals surface area contributed by atoms with Gasteiger partial charge in [0.1, 0.15) is 0 Å². The highest BCUT2D eigenvalue weighted by Crippen LogP contribution is 2.17. The van der Waals surface area contributed by atoms with Crippen LogP contribution in [0.2, 0.25) is 0 Å². The molecule has 0 radical (unpaired) electrons. The maximum atomic E-state index is 5.93. The molecule has 0 aromatic heterocycles. The summed E-state index contributed by atoms with van der Waals surface area (Å²) in [5, 5.41) is 3.41. The van der Waals surface area contributed by atoms with Crippen LogP contribution in [0.15, 0.2) is 48.5 Å². The number of nitrogens with one attached hydrogen (secondary N) is 1. The lowest BCUT2D eigenvalue weighted by Crippen LogP contribution is -2.02. The van der Waals surface area contributed by atoms with Crippen LogP contribution in [0.1, 0.15) is 24.5 Å². The number of nitrogen functional groups attached to an aromatic ring is 1. The smallest absolute Gasteiger partial charge is 0.0421 e. The molecule has 3 heteroatoms. The van der Waals surface area contributed by atoms with E-state index in [1.165, 1.54) is 17.7 Å². The summed E-state index contributed by atoms with van der Waals surface area (Å²) in [6, 6.07) is 16.6. The first-order valence-electron chi connectivity index (χ1n) is 7.03. The van der Waals surface area contributed by atoms with Crippen molar-refractivity contribution >= 4 is 23.1 Å². The molecule has 2 rings (SSSR count). The first kappa shape index (κ1) is 14.8. The van der Waals surface area contributed by atoms with Crippen molar-refractivity contribution in [2.45, 2.75) is 25.6 Å². The lowest BCUT2D eigenvalue weighted by Gasteiger charge is -2.09. The van der Waals surface area contributed by atoms with Gasteiger partial charge in [-0.2, -0.15) is 11.8 Å². The maximum absolute atomic E-state index is 5.93. The van der Waals surface area contributed by atoms with Crippen molar-refractivity contribution in [2.75, 3.05) is 16.8 Å². The number of rotatable bonds is 7. The monoisotopic (exact) mass is 286 g/mol. The standard InChI is InChI=1S/C17H22N2S/c1-2-11-20-13-14-7-9-16(10-8-14)19-12-15-5-3-4-6-17(15)18/h3-10,19H,2,11-13,18H2,1H3. The third kappa shape index (κ3) is 4.49. The molecule has 0 bridgehead atoms. The summed E-state index contributed by atoms with van der Waals surface area (Å²) in [7, 11) is 0. The van der Waals surface area contributed by atoms with Gasteiger partial charge < -0.3 is 11.1 Å². The first-order chi connectivity index (χ1) is 9.79. The molecule has 0 aliphatic heterocycles. The van der Waals surface area contributed by atoms with Gasteiger partial charge in [-0.05, 0) is 41.5 Å². The minimum absolute atomic E-state index is 0.761. The number of anilines is 2. The van der Waals surface area contributed by atoms with Crippen LogP contribution in [0.4, 0.5) is 11.4 Å². The van der Waals surface area contributed by atoms with E-state index < -0.39 is 0 Å². The van der Waals surface area contributed by atoms with E-state index in [1.807, 2.05) is 30.0 Å². The summed E-state index contributed by atoms with van der Waals surface area (Å²) in [6.07, 6.45) is 1.24. The second kappa shape index (κ2) is 7.85. The van der Waals surface area contributed by atoms with Gasteiger partial charge in [0.15, 0.2) is 0 Å². The van der Waals surface area contributed by atoms with Gasteiger partial charge >= 0.3 is 0 Å². The molecule has 20 heavy (non-hydrogen) atoms. The van der Waals surface area contributed by atoms with Crippen LogP contribution in [0.25, 0.3) is 0 Å². The second-order valence-electron chi connectivity index (χ2n) is 4.80. The van der Waals surface area contributed by atoms with E-state index in [-0.39, 0.29) is 0 Å². The Morgan fingerprint density at radius 3 is 2.50 bits per heavy atom. The fourth-order valence-electron chi connectivity index (χ4n) is 1.95. The molecular weight excluding hydrogens is 264 g/mol. The lowest BCUT2D eigenvalue weighted by molar-refractivity contribution is 1.10. The van der Waals surface area contributed by atoms with Gasteiger partial charge in [-0.1, -0.05) is 37.3 Å². The number of thioether (sulfide) groups is 1. The van der Waals surface area contributed by atoms with Gasteiger partial charge in [0.2, 0.25) is 0 Å².